The molecule has 0 aliphatic heterocycles. The van der Waals surface area contributed by atoms with Gasteiger partial charge in [0.25, 0.3) is 0 Å². The normalized spacial score (nSPS) is 12.0. The molecule has 0 amide bonds. The Kier molecular flexibility index (Phi) is 6.00. The van der Waals surface area contributed by atoms with Gasteiger partial charge in [-0.2, -0.15) is 0 Å². The lowest BCUT2D eigenvalue weighted by Gasteiger charge is -1.98. The summed E-state index contributed by atoms with van der Waals surface area (Å²) in [5, 5.41) is 3.81. The highest BCUT2D eigenvalue weighted by atomic mass is 16.6. The summed E-state index contributed by atoms with van der Waals surface area (Å²) in [6.07, 6.45) is 7.51. The molecule has 16 heavy (non-hydrogen) atoms. The van der Waals surface area contributed by atoms with E-state index in [0.717, 1.165) is 18.6 Å². The van der Waals surface area contributed by atoms with Crippen LogP contribution in [-0.2, 0) is 11.3 Å². The third kappa shape index (κ3) is 5.35. The number of benzene rings is 1. The van der Waals surface area contributed by atoms with Crippen LogP contribution in [0.1, 0.15) is 25.3 Å². The molecule has 0 aromatic heterocycles. The number of allylic oxidation sites excluding steroid dienone is 2. The molecule has 0 radical (unpaired) electrons. The summed E-state index contributed by atoms with van der Waals surface area (Å²) in [5.41, 5.74) is 2.31. The molecular weight excluding hydrogens is 198 g/mol. The first-order chi connectivity index (χ1) is 7.83. The first-order valence-electron chi connectivity index (χ1n) is 5.61. The number of nitrogens with zero attached hydrogens (tertiary/aromatic N) is 1. The van der Waals surface area contributed by atoms with E-state index in [0.29, 0.717) is 0 Å². The van der Waals surface area contributed by atoms with Crippen molar-refractivity contribution in [2.45, 2.75) is 26.2 Å². The second-order valence-corrected chi connectivity index (χ2v) is 3.70. The maximum Gasteiger partial charge on any atom is 0.106 e. The lowest BCUT2D eigenvalue weighted by atomic mass is 10.1. The molecule has 0 fully saturated rings. The number of oxime groups is 1. The molecule has 0 saturated carbocycles. The quantitative estimate of drug-likeness (QED) is 0.405. The topological polar surface area (TPSA) is 21.6 Å². The van der Waals surface area contributed by atoms with Crippen molar-refractivity contribution in [1.82, 2.24) is 0 Å². The standard InChI is InChI=1S/C14H19NO/c1-13(15-16-2)9-5-3-6-10-14-11-7-4-8-12-14/h4-5,7-9,11-12H,3,6,10H2,1-2H3/b9-5+,15-13+. The summed E-state index contributed by atoms with van der Waals surface area (Å²) in [5.74, 6) is 0. The highest BCUT2D eigenvalue weighted by molar-refractivity contribution is 5.92. The highest BCUT2D eigenvalue weighted by Crippen LogP contribution is 2.04. The van der Waals surface area contributed by atoms with Crippen molar-refractivity contribution >= 4 is 5.71 Å². The van der Waals surface area contributed by atoms with Crippen molar-refractivity contribution in [3.63, 3.8) is 0 Å². The van der Waals surface area contributed by atoms with Crippen LogP contribution >= 0.6 is 0 Å². The van der Waals surface area contributed by atoms with Gasteiger partial charge in [-0.3, -0.25) is 0 Å². The van der Waals surface area contributed by atoms with E-state index in [1.807, 2.05) is 19.1 Å². The fourth-order valence-electron chi connectivity index (χ4n) is 1.50. The number of aryl methyl sites for hydroxylation is 1. The van der Waals surface area contributed by atoms with Crippen LogP contribution in [0, 0.1) is 0 Å². The SMILES string of the molecule is CO/N=C(C)/C=C/CCCc1ccccc1. The third-order valence-electron chi connectivity index (χ3n) is 2.27. The molecule has 0 spiro atoms. The van der Waals surface area contributed by atoms with E-state index in [1.54, 1.807) is 7.11 Å². The molecular formula is C14H19NO. The minimum absolute atomic E-state index is 0.905. The van der Waals surface area contributed by atoms with Gasteiger partial charge in [0, 0.05) is 0 Å². The van der Waals surface area contributed by atoms with Gasteiger partial charge < -0.3 is 4.84 Å². The Hall–Kier alpha value is -1.57. The number of hydrogen-bond donors (Lipinski definition) is 0. The van der Waals surface area contributed by atoms with Crippen molar-refractivity contribution < 1.29 is 4.84 Å². The Bertz CT molecular complexity index is 341. The van der Waals surface area contributed by atoms with Crippen LogP contribution in [0.3, 0.4) is 0 Å². The monoisotopic (exact) mass is 217 g/mol. The number of hydrogen-bond acceptors (Lipinski definition) is 2. The van der Waals surface area contributed by atoms with Crippen LogP contribution in [0.4, 0.5) is 0 Å². The van der Waals surface area contributed by atoms with Crippen molar-refractivity contribution in [3.05, 3.63) is 48.0 Å². The molecule has 1 aromatic carbocycles. The zero-order valence-corrected chi connectivity index (χ0v) is 10.0. The molecule has 2 nitrogen and oxygen atoms in total. The highest BCUT2D eigenvalue weighted by Gasteiger charge is 1.90. The zero-order chi connectivity index (χ0) is 11.6. The largest absolute Gasteiger partial charge is 0.399 e. The van der Waals surface area contributed by atoms with E-state index < -0.39 is 0 Å². The first kappa shape index (κ1) is 12.5. The molecule has 0 aliphatic rings. The first-order valence-corrected chi connectivity index (χ1v) is 5.61. The van der Waals surface area contributed by atoms with Crippen LogP contribution < -0.4 is 0 Å². The maximum absolute atomic E-state index is 4.67. The van der Waals surface area contributed by atoms with Crippen LogP contribution in [0.2, 0.25) is 0 Å². The molecule has 0 atom stereocenters. The second-order valence-electron chi connectivity index (χ2n) is 3.70. The van der Waals surface area contributed by atoms with Crippen molar-refractivity contribution in [2.24, 2.45) is 5.16 Å². The van der Waals surface area contributed by atoms with Crippen LogP contribution in [-0.4, -0.2) is 12.8 Å². The Morgan fingerprint density at radius 3 is 2.75 bits per heavy atom. The molecule has 0 N–H and O–H groups in total. The summed E-state index contributed by atoms with van der Waals surface area (Å²) < 4.78 is 0. The fourth-order valence-corrected chi connectivity index (χ4v) is 1.50. The molecule has 86 valence electrons. The summed E-state index contributed by atoms with van der Waals surface area (Å²) in [4.78, 5) is 4.67. The number of rotatable bonds is 6. The average Bonchev–Trinajstić information content (AvgIpc) is 2.30. The van der Waals surface area contributed by atoms with Crippen molar-refractivity contribution in [2.75, 3.05) is 7.11 Å². The fraction of sp³-hybridized carbons (Fsp3) is 0.357. The van der Waals surface area contributed by atoms with Crippen molar-refractivity contribution in [3.8, 4) is 0 Å². The van der Waals surface area contributed by atoms with Gasteiger partial charge in [0.05, 0.1) is 5.71 Å². The minimum atomic E-state index is 0.905. The molecule has 2 heteroatoms. The van der Waals surface area contributed by atoms with Gasteiger partial charge in [-0.15, -0.1) is 0 Å². The van der Waals surface area contributed by atoms with E-state index >= 15 is 0 Å². The number of unbranched alkanes of at least 4 members (excludes halogenated alkanes) is 1. The predicted molar refractivity (Wildman–Crippen MR) is 68.6 cm³/mol. The van der Waals surface area contributed by atoms with Gasteiger partial charge >= 0.3 is 0 Å². The Morgan fingerprint density at radius 1 is 1.31 bits per heavy atom. The lowest BCUT2D eigenvalue weighted by Crippen LogP contribution is -1.86. The van der Waals surface area contributed by atoms with Gasteiger partial charge in [0.15, 0.2) is 0 Å². The minimum Gasteiger partial charge on any atom is -0.399 e. The van der Waals surface area contributed by atoms with Gasteiger partial charge in [-0.25, -0.2) is 0 Å². The Morgan fingerprint density at radius 2 is 2.06 bits per heavy atom. The van der Waals surface area contributed by atoms with Gasteiger partial charge in [0.1, 0.15) is 7.11 Å². The van der Waals surface area contributed by atoms with E-state index in [4.69, 9.17) is 0 Å². The summed E-state index contributed by atoms with van der Waals surface area (Å²) in [6.45, 7) is 1.93. The Labute approximate surface area is 97.6 Å². The van der Waals surface area contributed by atoms with Crippen molar-refractivity contribution in [1.29, 1.82) is 0 Å². The lowest BCUT2D eigenvalue weighted by molar-refractivity contribution is 0.213. The predicted octanol–water partition coefficient (Wildman–Crippen LogP) is 3.59. The van der Waals surface area contributed by atoms with Crippen LogP contribution in [0.5, 0.6) is 0 Å². The molecule has 1 rings (SSSR count). The van der Waals surface area contributed by atoms with E-state index in [1.165, 1.54) is 12.0 Å². The molecule has 0 unspecified atom stereocenters. The maximum atomic E-state index is 4.67. The van der Waals surface area contributed by atoms with Gasteiger partial charge in [-0.05, 0) is 37.8 Å². The second kappa shape index (κ2) is 7.69. The molecule has 0 aliphatic carbocycles. The smallest absolute Gasteiger partial charge is 0.106 e. The van der Waals surface area contributed by atoms with E-state index in [9.17, 15) is 0 Å². The van der Waals surface area contributed by atoms with E-state index in [-0.39, 0.29) is 0 Å². The Balaban J connectivity index is 2.20. The average molecular weight is 217 g/mol. The third-order valence-corrected chi connectivity index (χ3v) is 2.27. The molecule has 0 saturated heterocycles. The molecule has 0 heterocycles. The summed E-state index contributed by atoms with van der Waals surface area (Å²) >= 11 is 0. The van der Waals surface area contributed by atoms with Crippen LogP contribution in [0.25, 0.3) is 0 Å². The zero-order valence-electron chi connectivity index (χ0n) is 10.0. The summed E-state index contributed by atoms with van der Waals surface area (Å²) in [6, 6.07) is 10.6. The van der Waals surface area contributed by atoms with Crippen LogP contribution in [0.15, 0.2) is 47.6 Å². The van der Waals surface area contributed by atoms with Gasteiger partial charge in [-0.1, -0.05) is 41.6 Å². The van der Waals surface area contributed by atoms with E-state index in [2.05, 4.69) is 40.3 Å². The summed E-state index contributed by atoms with van der Waals surface area (Å²) in [7, 11) is 1.56. The molecule has 1 aromatic rings. The van der Waals surface area contributed by atoms with Gasteiger partial charge in [0.2, 0.25) is 0 Å². The molecule has 0 bridgehead atoms.